The van der Waals surface area contributed by atoms with Crippen molar-refractivity contribution in [2.75, 3.05) is 13.6 Å². The van der Waals surface area contributed by atoms with E-state index < -0.39 is 17.8 Å². The number of hydrogen-bond acceptors (Lipinski definition) is 4. The van der Waals surface area contributed by atoms with Crippen LogP contribution in [-0.2, 0) is 4.79 Å². The molecule has 0 aliphatic heterocycles. The summed E-state index contributed by atoms with van der Waals surface area (Å²) < 4.78 is 1.32. The van der Waals surface area contributed by atoms with Crippen LogP contribution in [0.2, 0.25) is 0 Å². The van der Waals surface area contributed by atoms with Gasteiger partial charge in [-0.25, -0.2) is 4.68 Å². The number of carbonyl (C=O) groups is 3. The zero-order chi connectivity index (χ0) is 17.7. The molecule has 2 amide bonds. The van der Waals surface area contributed by atoms with Crippen molar-refractivity contribution in [2.24, 2.45) is 5.73 Å². The molecule has 0 radical (unpaired) electrons. The highest BCUT2D eigenvalue weighted by Crippen LogP contribution is 2.14. The Balaban J connectivity index is 2.23. The van der Waals surface area contributed by atoms with Crippen molar-refractivity contribution in [1.29, 1.82) is 0 Å². The molecule has 0 saturated heterocycles. The standard InChI is InChI=1S/C16H18N4O4/c1-19(9-5-8-14(21)22)16(24)12-10-13(15(17)23)20(18-12)11-6-3-2-4-7-11/h2-4,6-7,10H,5,8-9H2,1H3,(H2,17,23)(H,21,22). The highest BCUT2D eigenvalue weighted by atomic mass is 16.4. The van der Waals surface area contributed by atoms with Crippen LogP contribution >= 0.6 is 0 Å². The van der Waals surface area contributed by atoms with E-state index >= 15 is 0 Å². The van der Waals surface area contributed by atoms with Crippen molar-refractivity contribution in [1.82, 2.24) is 14.7 Å². The zero-order valence-electron chi connectivity index (χ0n) is 13.2. The number of nitrogens with zero attached hydrogens (tertiary/aromatic N) is 3. The second kappa shape index (κ2) is 7.40. The highest BCUT2D eigenvalue weighted by Gasteiger charge is 2.21. The number of carbonyl (C=O) groups excluding carboxylic acids is 2. The summed E-state index contributed by atoms with van der Waals surface area (Å²) in [6.45, 7) is 0.273. The third-order valence-electron chi connectivity index (χ3n) is 3.41. The minimum absolute atomic E-state index is 0.0252. The third-order valence-corrected chi connectivity index (χ3v) is 3.41. The Morgan fingerprint density at radius 1 is 1.25 bits per heavy atom. The number of aliphatic carboxylic acids is 1. The second-order valence-electron chi connectivity index (χ2n) is 5.25. The van der Waals surface area contributed by atoms with Gasteiger partial charge in [0.05, 0.1) is 5.69 Å². The van der Waals surface area contributed by atoms with Crippen LogP contribution < -0.4 is 5.73 Å². The number of amides is 2. The van der Waals surface area contributed by atoms with Crippen LogP contribution in [0.3, 0.4) is 0 Å². The van der Waals surface area contributed by atoms with E-state index in [4.69, 9.17) is 10.8 Å². The Morgan fingerprint density at radius 2 is 1.92 bits per heavy atom. The van der Waals surface area contributed by atoms with Crippen LogP contribution in [0.5, 0.6) is 0 Å². The lowest BCUT2D eigenvalue weighted by molar-refractivity contribution is -0.137. The third kappa shape index (κ3) is 3.97. The van der Waals surface area contributed by atoms with Gasteiger partial charge in [-0.15, -0.1) is 0 Å². The summed E-state index contributed by atoms with van der Waals surface area (Å²) in [5.74, 6) is -2.02. The van der Waals surface area contributed by atoms with Gasteiger partial charge < -0.3 is 15.7 Å². The summed E-state index contributed by atoms with van der Waals surface area (Å²) in [4.78, 5) is 35.9. The molecule has 2 aromatic rings. The van der Waals surface area contributed by atoms with Gasteiger partial charge >= 0.3 is 5.97 Å². The van der Waals surface area contributed by atoms with Crippen molar-refractivity contribution in [2.45, 2.75) is 12.8 Å². The first kappa shape index (κ1) is 17.2. The first-order valence-corrected chi connectivity index (χ1v) is 7.32. The van der Waals surface area contributed by atoms with E-state index in [-0.39, 0.29) is 24.4 Å². The maximum absolute atomic E-state index is 12.4. The molecular weight excluding hydrogens is 312 g/mol. The van der Waals surface area contributed by atoms with Crippen LogP contribution in [0, 0.1) is 0 Å². The maximum Gasteiger partial charge on any atom is 0.303 e. The molecule has 1 heterocycles. The summed E-state index contributed by atoms with van der Waals surface area (Å²) in [5, 5.41) is 12.8. The van der Waals surface area contributed by atoms with E-state index in [0.717, 1.165) is 0 Å². The normalized spacial score (nSPS) is 10.4. The maximum atomic E-state index is 12.4. The van der Waals surface area contributed by atoms with E-state index in [1.807, 2.05) is 6.07 Å². The molecule has 1 aromatic carbocycles. The van der Waals surface area contributed by atoms with Gasteiger partial charge in [-0.2, -0.15) is 5.10 Å². The number of aromatic nitrogens is 2. The number of nitrogens with two attached hydrogens (primary N) is 1. The Kier molecular flexibility index (Phi) is 5.31. The number of para-hydroxylation sites is 1. The largest absolute Gasteiger partial charge is 0.481 e. The summed E-state index contributed by atoms with van der Waals surface area (Å²) in [6, 6.07) is 10.2. The van der Waals surface area contributed by atoms with Gasteiger partial charge in [0.25, 0.3) is 11.8 Å². The Hall–Kier alpha value is -3.16. The van der Waals surface area contributed by atoms with Gasteiger partial charge in [0.15, 0.2) is 5.69 Å². The number of primary amides is 1. The summed E-state index contributed by atoms with van der Waals surface area (Å²) in [7, 11) is 1.55. The van der Waals surface area contributed by atoms with Gasteiger partial charge in [0.1, 0.15) is 5.69 Å². The van der Waals surface area contributed by atoms with Crippen molar-refractivity contribution in [3.8, 4) is 5.69 Å². The van der Waals surface area contributed by atoms with Crippen molar-refractivity contribution < 1.29 is 19.5 Å². The smallest absolute Gasteiger partial charge is 0.303 e. The van der Waals surface area contributed by atoms with Crippen molar-refractivity contribution in [3.63, 3.8) is 0 Å². The topological polar surface area (TPSA) is 119 Å². The molecule has 0 aliphatic rings. The predicted molar refractivity (Wildman–Crippen MR) is 85.9 cm³/mol. The van der Waals surface area contributed by atoms with E-state index in [9.17, 15) is 14.4 Å². The lowest BCUT2D eigenvalue weighted by Crippen LogP contribution is -2.28. The molecule has 0 unspecified atom stereocenters. The fourth-order valence-electron chi connectivity index (χ4n) is 2.19. The first-order valence-electron chi connectivity index (χ1n) is 7.32. The average Bonchev–Trinajstić information content (AvgIpc) is 3.00. The number of hydrogen-bond donors (Lipinski definition) is 2. The van der Waals surface area contributed by atoms with Gasteiger partial charge in [-0.3, -0.25) is 14.4 Å². The summed E-state index contributed by atoms with van der Waals surface area (Å²) >= 11 is 0. The zero-order valence-corrected chi connectivity index (χ0v) is 13.2. The quantitative estimate of drug-likeness (QED) is 0.782. The molecule has 1 aromatic heterocycles. The van der Waals surface area contributed by atoms with Crippen LogP contribution in [0.1, 0.15) is 33.8 Å². The molecule has 24 heavy (non-hydrogen) atoms. The van der Waals surface area contributed by atoms with E-state index in [1.54, 1.807) is 31.3 Å². The lowest BCUT2D eigenvalue weighted by Gasteiger charge is -2.14. The lowest BCUT2D eigenvalue weighted by atomic mass is 10.2. The van der Waals surface area contributed by atoms with Crippen LogP contribution in [0.25, 0.3) is 5.69 Å². The van der Waals surface area contributed by atoms with E-state index in [0.29, 0.717) is 12.1 Å². The molecule has 0 aliphatic carbocycles. The van der Waals surface area contributed by atoms with Gasteiger partial charge in [-0.1, -0.05) is 18.2 Å². The van der Waals surface area contributed by atoms with Crippen molar-refractivity contribution in [3.05, 3.63) is 47.8 Å². The number of carboxylic acids is 1. The van der Waals surface area contributed by atoms with E-state index in [1.165, 1.54) is 15.6 Å². The molecule has 126 valence electrons. The molecule has 0 spiro atoms. The predicted octanol–water partition coefficient (Wildman–Crippen LogP) is 0.908. The minimum Gasteiger partial charge on any atom is -0.481 e. The second-order valence-corrected chi connectivity index (χ2v) is 5.25. The molecule has 8 nitrogen and oxygen atoms in total. The Bertz CT molecular complexity index is 755. The number of benzene rings is 1. The highest BCUT2D eigenvalue weighted by molar-refractivity contribution is 5.97. The van der Waals surface area contributed by atoms with Crippen LogP contribution in [0.15, 0.2) is 36.4 Å². The van der Waals surface area contributed by atoms with Crippen LogP contribution in [0.4, 0.5) is 0 Å². The van der Waals surface area contributed by atoms with Gasteiger partial charge in [0.2, 0.25) is 0 Å². The fraction of sp³-hybridized carbons (Fsp3) is 0.250. The average molecular weight is 330 g/mol. The Labute approximate surface area is 138 Å². The molecular formula is C16H18N4O4. The molecule has 8 heteroatoms. The monoisotopic (exact) mass is 330 g/mol. The molecule has 0 saturated carbocycles. The molecule has 3 N–H and O–H groups in total. The fourth-order valence-corrected chi connectivity index (χ4v) is 2.19. The molecule has 2 rings (SSSR count). The number of carboxylic acid groups (broad SMARTS) is 1. The summed E-state index contributed by atoms with van der Waals surface area (Å²) in [6.07, 6.45) is 0.308. The van der Waals surface area contributed by atoms with E-state index in [2.05, 4.69) is 5.10 Å². The Morgan fingerprint density at radius 3 is 2.50 bits per heavy atom. The first-order chi connectivity index (χ1) is 11.4. The molecule has 0 atom stereocenters. The molecule has 0 fully saturated rings. The van der Waals surface area contributed by atoms with Crippen molar-refractivity contribution >= 4 is 17.8 Å². The molecule has 0 bridgehead atoms. The minimum atomic E-state index is -0.916. The van der Waals surface area contributed by atoms with Gasteiger partial charge in [-0.05, 0) is 18.6 Å². The SMILES string of the molecule is CN(CCCC(=O)O)C(=O)c1cc(C(N)=O)n(-c2ccccc2)n1. The van der Waals surface area contributed by atoms with Crippen LogP contribution in [-0.4, -0.2) is 51.2 Å². The summed E-state index contributed by atoms with van der Waals surface area (Å²) in [5.41, 5.74) is 6.15. The van der Waals surface area contributed by atoms with Gasteiger partial charge in [0, 0.05) is 26.1 Å². The number of rotatable bonds is 7.